The van der Waals surface area contributed by atoms with Gasteiger partial charge < -0.3 is 14.5 Å². The summed E-state index contributed by atoms with van der Waals surface area (Å²) in [5.41, 5.74) is 0.143. The average Bonchev–Trinajstić information content (AvgIpc) is 3.45. The number of carbonyl (C=O) groups excluding carboxylic acids is 2. The lowest BCUT2D eigenvalue weighted by Crippen LogP contribution is -2.77. The SMILES string of the molecule is COC1C(=O)N(CC2CC2)C12CCN(C(=O)c1cnccn1)CC2. The molecule has 2 amide bonds. The van der Waals surface area contributed by atoms with Crippen LogP contribution in [0.4, 0.5) is 0 Å². The second-order valence-electron chi connectivity index (χ2n) is 6.99. The third kappa shape index (κ3) is 2.38. The fraction of sp³-hybridized carbons (Fsp3) is 0.647. The van der Waals surface area contributed by atoms with Gasteiger partial charge in [0.25, 0.3) is 11.8 Å². The number of nitrogens with zero attached hydrogens (tertiary/aromatic N) is 4. The number of amides is 2. The molecular formula is C17H22N4O3. The van der Waals surface area contributed by atoms with Crippen LogP contribution in [0, 0.1) is 5.92 Å². The first-order valence-corrected chi connectivity index (χ1v) is 8.55. The molecule has 2 aliphatic heterocycles. The molecule has 0 bridgehead atoms. The summed E-state index contributed by atoms with van der Waals surface area (Å²) in [5.74, 6) is 0.673. The molecule has 4 rings (SSSR count). The van der Waals surface area contributed by atoms with E-state index in [1.807, 2.05) is 4.90 Å². The molecule has 1 unspecified atom stereocenters. The molecule has 1 aromatic rings. The molecular weight excluding hydrogens is 308 g/mol. The Morgan fingerprint density at radius 1 is 1.33 bits per heavy atom. The van der Waals surface area contributed by atoms with Gasteiger partial charge in [0.15, 0.2) is 6.10 Å². The van der Waals surface area contributed by atoms with Gasteiger partial charge in [0.1, 0.15) is 5.69 Å². The normalized spacial score (nSPS) is 25.7. The maximum atomic E-state index is 12.5. The summed E-state index contributed by atoms with van der Waals surface area (Å²) in [6.45, 7) is 2.07. The van der Waals surface area contributed by atoms with Crippen molar-refractivity contribution in [1.29, 1.82) is 0 Å². The highest BCUT2D eigenvalue weighted by atomic mass is 16.5. The summed E-state index contributed by atoms with van der Waals surface area (Å²) >= 11 is 0. The highest BCUT2D eigenvalue weighted by Crippen LogP contribution is 2.45. The zero-order valence-electron chi connectivity index (χ0n) is 13.9. The monoisotopic (exact) mass is 330 g/mol. The second kappa shape index (κ2) is 5.81. The minimum Gasteiger partial charge on any atom is -0.369 e. The Hall–Kier alpha value is -2.02. The fourth-order valence-electron chi connectivity index (χ4n) is 4.02. The molecule has 1 aliphatic carbocycles. The molecule has 1 aromatic heterocycles. The van der Waals surface area contributed by atoms with Gasteiger partial charge in [-0.15, -0.1) is 0 Å². The van der Waals surface area contributed by atoms with Gasteiger partial charge in [0.2, 0.25) is 0 Å². The van der Waals surface area contributed by atoms with Gasteiger partial charge in [-0.3, -0.25) is 14.6 Å². The van der Waals surface area contributed by atoms with Crippen LogP contribution in [-0.4, -0.2) is 70.0 Å². The maximum absolute atomic E-state index is 12.5. The first-order valence-electron chi connectivity index (χ1n) is 8.55. The van der Waals surface area contributed by atoms with Crippen molar-refractivity contribution in [1.82, 2.24) is 19.8 Å². The van der Waals surface area contributed by atoms with Crippen LogP contribution < -0.4 is 0 Å². The number of likely N-dealkylation sites (tertiary alicyclic amines) is 2. The van der Waals surface area contributed by atoms with Gasteiger partial charge in [-0.25, -0.2) is 4.98 Å². The van der Waals surface area contributed by atoms with E-state index in [-0.39, 0.29) is 23.5 Å². The first kappa shape index (κ1) is 15.5. The van der Waals surface area contributed by atoms with E-state index in [9.17, 15) is 9.59 Å². The number of β-lactam (4-membered cyclic amide) rings is 1. The summed E-state index contributed by atoms with van der Waals surface area (Å²) < 4.78 is 5.49. The summed E-state index contributed by atoms with van der Waals surface area (Å²) in [4.78, 5) is 36.8. The summed E-state index contributed by atoms with van der Waals surface area (Å²) in [7, 11) is 1.61. The van der Waals surface area contributed by atoms with Crippen LogP contribution in [0.3, 0.4) is 0 Å². The number of piperidine rings is 1. The van der Waals surface area contributed by atoms with Crippen molar-refractivity contribution in [2.24, 2.45) is 5.92 Å². The molecule has 0 aromatic carbocycles. The van der Waals surface area contributed by atoms with Crippen molar-refractivity contribution in [3.63, 3.8) is 0 Å². The predicted octanol–water partition coefficient (Wildman–Crippen LogP) is 0.719. The van der Waals surface area contributed by atoms with Gasteiger partial charge in [-0.05, 0) is 31.6 Å². The van der Waals surface area contributed by atoms with E-state index in [1.165, 1.54) is 25.2 Å². The first-order chi connectivity index (χ1) is 11.7. The molecule has 24 heavy (non-hydrogen) atoms. The lowest BCUT2D eigenvalue weighted by atomic mass is 9.72. The van der Waals surface area contributed by atoms with Crippen molar-refractivity contribution in [2.75, 3.05) is 26.7 Å². The topological polar surface area (TPSA) is 75.6 Å². The van der Waals surface area contributed by atoms with E-state index in [4.69, 9.17) is 4.74 Å². The molecule has 0 N–H and O–H groups in total. The van der Waals surface area contributed by atoms with Gasteiger partial charge in [-0.1, -0.05) is 0 Å². The van der Waals surface area contributed by atoms with Crippen molar-refractivity contribution in [2.45, 2.75) is 37.3 Å². The summed E-state index contributed by atoms with van der Waals surface area (Å²) in [5, 5.41) is 0. The van der Waals surface area contributed by atoms with Crippen LogP contribution in [-0.2, 0) is 9.53 Å². The van der Waals surface area contributed by atoms with Crippen molar-refractivity contribution < 1.29 is 14.3 Å². The largest absolute Gasteiger partial charge is 0.369 e. The number of rotatable bonds is 4. The van der Waals surface area contributed by atoms with Crippen LogP contribution in [0.15, 0.2) is 18.6 Å². The molecule has 2 saturated heterocycles. The third-order valence-electron chi connectivity index (χ3n) is 5.59. The average molecular weight is 330 g/mol. The molecule has 3 aliphatic rings. The molecule has 1 saturated carbocycles. The van der Waals surface area contributed by atoms with Crippen LogP contribution in [0.2, 0.25) is 0 Å². The Morgan fingerprint density at radius 3 is 2.67 bits per heavy atom. The van der Waals surface area contributed by atoms with Crippen molar-refractivity contribution in [3.8, 4) is 0 Å². The van der Waals surface area contributed by atoms with E-state index in [0.717, 1.165) is 19.4 Å². The molecule has 3 heterocycles. The highest BCUT2D eigenvalue weighted by molar-refractivity contribution is 5.93. The molecule has 0 radical (unpaired) electrons. The summed E-state index contributed by atoms with van der Waals surface area (Å²) in [6, 6.07) is 0. The Labute approximate surface area is 141 Å². The van der Waals surface area contributed by atoms with E-state index in [2.05, 4.69) is 9.97 Å². The van der Waals surface area contributed by atoms with E-state index < -0.39 is 0 Å². The summed E-state index contributed by atoms with van der Waals surface area (Å²) in [6.07, 6.45) is 8.18. The number of carbonyl (C=O) groups is 2. The lowest BCUT2D eigenvalue weighted by Gasteiger charge is -2.59. The number of hydrogen-bond acceptors (Lipinski definition) is 5. The molecule has 1 atom stereocenters. The van der Waals surface area contributed by atoms with Crippen LogP contribution in [0.25, 0.3) is 0 Å². The quantitative estimate of drug-likeness (QED) is 0.760. The third-order valence-corrected chi connectivity index (χ3v) is 5.59. The molecule has 7 heteroatoms. The van der Waals surface area contributed by atoms with Crippen LogP contribution >= 0.6 is 0 Å². The van der Waals surface area contributed by atoms with Crippen LogP contribution in [0.5, 0.6) is 0 Å². The van der Waals surface area contributed by atoms with Gasteiger partial charge in [0, 0.05) is 39.1 Å². The number of methoxy groups -OCH3 is 1. The number of ether oxygens (including phenoxy) is 1. The fourth-order valence-corrected chi connectivity index (χ4v) is 4.02. The Bertz CT molecular complexity index is 638. The molecule has 7 nitrogen and oxygen atoms in total. The molecule has 1 spiro atoms. The van der Waals surface area contributed by atoms with Crippen molar-refractivity contribution >= 4 is 11.8 Å². The lowest BCUT2D eigenvalue weighted by molar-refractivity contribution is -0.198. The van der Waals surface area contributed by atoms with Crippen molar-refractivity contribution in [3.05, 3.63) is 24.3 Å². The Balaban J connectivity index is 1.45. The smallest absolute Gasteiger partial charge is 0.274 e. The standard InChI is InChI=1S/C17H22N4O3/c1-24-14-16(23)21(11-12-2-3-12)17(14)4-8-20(9-5-17)15(22)13-10-18-6-7-19-13/h6-7,10,12,14H,2-5,8-9,11H2,1H3. The minimum absolute atomic E-state index is 0.0914. The van der Waals surface area contributed by atoms with Crippen LogP contribution in [0.1, 0.15) is 36.2 Å². The molecule has 3 fully saturated rings. The van der Waals surface area contributed by atoms with E-state index in [1.54, 1.807) is 18.2 Å². The maximum Gasteiger partial charge on any atom is 0.274 e. The van der Waals surface area contributed by atoms with Gasteiger partial charge >= 0.3 is 0 Å². The van der Waals surface area contributed by atoms with Gasteiger partial charge in [0.05, 0.1) is 11.7 Å². The number of aromatic nitrogens is 2. The Morgan fingerprint density at radius 2 is 2.08 bits per heavy atom. The minimum atomic E-state index is -0.356. The predicted molar refractivity (Wildman–Crippen MR) is 85.1 cm³/mol. The van der Waals surface area contributed by atoms with E-state index >= 15 is 0 Å². The van der Waals surface area contributed by atoms with E-state index in [0.29, 0.717) is 24.7 Å². The zero-order valence-corrected chi connectivity index (χ0v) is 13.9. The van der Waals surface area contributed by atoms with Gasteiger partial charge in [-0.2, -0.15) is 0 Å². The number of hydrogen-bond donors (Lipinski definition) is 0. The highest BCUT2D eigenvalue weighted by Gasteiger charge is 2.61. The zero-order chi connectivity index (χ0) is 16.7. The Kier molecular flexibility index (Phi) is 3.75. The molecule has 128 valence electrons. The second-order valence-corrected chi connectivity index (χ2v) is 6.99.